The van der Waals surface area contributed by atoms with Crippen molar-refractivity contribution in [3.8, 4) is 0 Å². The van der Waals surface area contributed by atoms with Crippen LogP contribution in [0.4, 0.5) is 4.39 Å². The fourth-order valence-corrected chi connectivity index (χ4v) is 6.00. The first kappa shape index (κ1) is 33.7. The molecular formula is C34H41FNO7P. The Bertz CT molecular complexity index is 1520. The number of carbonyl (C=O) groups is 2. The molecule has 2 atom stereocenters. The lowest BCUT2D eigenvalue weighted by Gasteiger charge is -2.22. The molecule has 1 fully saturated rings. The molecule has 236 valence electrons. The molecule has 1 aliphatic carbocycles. The largest absolute Gasteiger partial charge is 0.469 e. The van der Waals surface area contributed by atoms with Gasteiger partial charge in [-0.2, -0.15) is 0 Å². The number of phosphoric ester groups is 1. The number of aromatic nitrogens is 1. The Kier molecular flexibility index (Phi) is 11.6. The van der Waals surface area contributed by atoms with Gasteiger partial charge in [-0.1, -0.05) is 62.0 Å². The summed E-state index contributed by atoms with van der Waals surface area (Å²) in [6, 6.07) is 15.0. The molecule has 0 bridgehead atoms. The molecule has 0 aliphatic heterocycles. The van der Waals surface area contributed by atoms with Gasteiger partial charge in [0.25, 0.3) is 0 Å². The van der Waals surface area contributed by atoms with E-state index in [1.165, 1.54) is 6.08 Å². The van der Waals surface area contributed by atoms with Crippen LogP contribution in [0.2, 0.25) is 0 Å². The van der Waals surface area contributed by atoms with Gasteiger partial charge in [0, 0.05) is 29.5 Å². The zero-order valence-corrected chi connectivity index (χ0v) is 26.0. The van der Waals surface area contributed by atoms with Crippen LogP contribution in [0.5, 0.6) is 0 Å². The molecule has 3 aromatic rings. The number of nitrogens with zero attached hydrogens (tertiary/aromatic N) is 1. The SMILES string of the molecule is C=Cc1cccc(CCCCC(=O)C(C)C[C@@H](CCCOP(=O)(O)O)COC(=O)C2(c3cc4ccccc4cn3)CC2)c1F. The van der Waals surface area contributed by atoms with Gasteiger partial charge in [-0.3, -0.25) is 19.1 Å². The second-order valence-electron chi connectivity index (χ2n) is 11.8. The topological polar surface area (TPSA) is 123 Å². The molecule has 1 heterocycles. The summed E-state index contributed by atoms with van der Waals surface area (Å²) >= 11 is 0. The van der Waals surface area contributed by atoms with Crippen molar-refractivity contribution in [2.24, 2.45) is 11.8 Å². The van der Waals surface area contributed by atoms with Crippen molar-refractivity contribution in [3.63, 3.8) is 0 Å². The number of phosphoric acid groups is 1. The van der Waals surface area contributed by atoms with Gasteiger partial charge >= 0.3 is 13.8 Å². The van der Waals surface area contributed by atoms with Gasteiger partial charge in [-0.05, 0) is 74.3 Å². The molecule has 2 N–H and O–H groups in total. The molecule has 0 spiro atoms. The number of ether oxygens (including phenoxy) is 1. The number of rotatable bonds is 18. The molecule has 44 heavy (non-hydrogen) atoms. The van der Waals surface area contributed by atoms with Crippen LogP contribution < -0.4 is 0 Å². The van der Waals surface area contributed by atoms with Gasteiger partial charge < -0.3 is 14.5 Å². The normalized spacial score (nSPS) is 15.5. The summed E-state index contributed by atoms with van der Waals surface area (Å²) in [4.78, 5) is 48.9. The Morgan fingerprint density at radius 1 is 1.11 bits per heavy atom. The van der Waals surface area contributed by atoms with E-state index < -0.39 is 13.2 Å². The second kappa shape index (κ2) is 15.2. The quantitative estimate of drug-likeness (QED) is 0.0872. The number of carbonyl (C=O) groups excluding carboxylic acids is 2. The number of unbranched alkanes of at least 4 members (excludes halogenated alkanes) is 1. The van der Waals surface area contributed by atoms with Crippen molar-refractivity contribution < 1.29 is 37.6 Å². The van der Waals surface area contributed by atoms with Gasteiger partial charge in [0.1, 0.15) is 17.0 Å². The zero-order chi connectivity index (χ0) is 31.7. The monoisotopic (exact) mass is 625 g/mol. The van der Waals surface area contributed by atoms with E-state index in [0.717, 1.165) is 10.8 Å². The number of hydrogen-bond donors (Lipinski definition) is 2. The first-order valence-corrected chi connectivity index (χ1v) is 16.7. The van der Waals surface area contributed by atoms with E-state index in [9.17, 15) is 18.5 Å². The van der Waals surface area contributed by atoms with E-state index in [2.05, 4.69) is 16.1 Å². The predicted octanol–water partition coefficient (Wildman–Crippen LogP) is 7.11. The maximum atomic E-state index is 14.5. The minimum atomic E-state index is -4.59. The highest BCUT2D eigenvalue weighted by atomic mass is 31.2. The Morgan fingerprint density at radius 3 is 2.57 bits per heavy atom. The van der Waals surface area contributed by atoms with Gasteiger partial charge in [-0.15, -0.1) is 0 Å². The molecule has 0 radical (unpaired) electrons. The molecule has 0 saturated heterocycles. The van der Waals surface area contributed by atoms with Crippen LogP contribution in [0.3, 0.4) is 0 Å². The molecular weight excluding hydrogens is 584 g/mol. The van der Waals surface area contributed by atoms with Crippen molar-refractivity contribution in [3.05, 3.63) is 83.9 Å². The number of esters is 1. The van der Waals surface area contributed by atoms with Gasteiger partial charge in [0.2, 0.25) is 0 Å². The number of fused-ring (bicyclic) bond motifs is 1. The maximum Gasteiger partial charge on any atom is 0.469 e. The summed E-state index contributed by atoms with van der Waals surface area (Å²) in [5, 5.41) is 1.99. The molecule has 0 amide bonds. The number of benzene rings is 2. The summed E-state index contributed by atoms with van der Waals surface area (Å²) in [6.07, 6.45) is 7.98. The first-order valence-electron chi connectivity index (χ1n) is 15.2. The van der Waals surface area contributed by atoms with Crippen LogP contribution in [0.15, 0.2) is 61.3 Å². The molecule has 1 aromatic heterocycles. The molecule has 1 aliphatic rings. The predicted molar refractivity (Wildman–Crippen MR) is 167 cm³/mol. The van der Waals surface area contributed by atoms with Crippen LogP contribution in [-0.2, 0) is 35.3 Å². The van der Waals surface area contributed by atoms with Crippen LogP contribution in [-0.4, -0.2) is 39.7 Å². The van der Waals surface area contributed by atoms with Crippen LogP contribution in [0.25, 0.3) is 16.8 Å². The Hall–Kier alpha value is -3.23. The Labute approximate surface area is 257 Å². The summed E-state index contributed by atoms with van der Waals surface area (Å²) in [7, 11) is -4.59. The van der Waals surface area contributed by atoms with E-state index in [0.29, 0.717) is 74.6 Å². The van der Waals surface area contributed by atoms with E-state index in [1.54, 1.807) is 24.4 Å². The molecule has 2 aromatic carbocycles. The lowest BCUT2D eigenvalue weighted by Crippen LogP contribution is -2.28. The number of hydrogen-bond acceptors (Lipinski definition) is 6. The Balaban J connectivity index is 1.31. The lowest BCUT2D eigenvalue weighted by molar-refractivity contribution is -0.148. The molecule has 8 nitrogen and oxygen atoms in total. The van der Waals surface area contributed by atoms with Crippen molar-refractivity contribution in [2.75, 3.05) is 13.2 Å². The number of pyridine rings is 1. The van der Waals surface area contributed by atoms with Crippen molar-refractivity contribution in [2.45, 2.75) is 70.1 Å². The third kappa shape index (κ3) is 9.14. The second-order valence-corrected chi connectivity index (χ2v) is 13.0. The van der Waals surface area contributed by atoms with Crippen molar-refractivity contribution in [1.82, 2.24) is 4.98 Å². The molecule has 4 rings (SSSR count). The number of Topliss-reactive ketones (excluding diaryl/α,β-unsaturated/α-hetero) is 1. The number of halogens is 1. The molecule has 10 heteroatoms. The van der Waals surface area contributed by atoms with E-state index in [1.807, 2.05) is 37.3 Å². The fourth-order valence-electron chi connectivity index (χ4n) is 5.63. The maximum absolute atomic E-state index is 14.5. The third-order valence-corrected chi connectivity index (χ3v) is 8.93. The highest BCUT2D eigenvalue weighted by Crippen LogP contribution is 2.49. The van der Waals surface area contributed by atoms with E-state index in [4.69, 9.17) is 14.5 Å². The summed E-state index contributed by atoms with van der Waals surface area (Å²) in [6.45, 7) is 5.42. The minimum absolute atomic E-state index is 0.0761. The van der Waals surface area contributed by atoms with Gasteiger partial charge in [0.05, 0.1) is 18.9 Å². The standard InChI is InChI=1S/C34H41FNO7P/c1-3-26-14-8-15-27(32(26)35)11-6-7-16-30(37)24(2)20-25(10-9-19-43-44(39,40)41)23-42-33(38)34(17-18-34)31-21-28-12-4-5-13-29(28)22-36-31/h3-5,8,12-15,21-22,24-25H,1,6-7,9-11,16-20,23H2,2H3,(H2,39,40,41)/t24?,25-/m1/s1. The van der Waals surface area contributed by atoms with E-state index >= 15 is 0 Å². The molecule has 1 saturated carbocycles. The fraction of sp³-hybridized carbons (Fsp3) is 0.441. The zero-order valence-electron chi connectivity index (χ0n) is 25.1. The number of aryl methyl sites for hydroxylation is 1. The van der Waals surface area contributed by atoms with Crippen LogP contribution in [0, 0.1) is 17.7 Å². The van der Waals surface area contributed by atoms with Crippen LogP contribution >= 0.6 is 7.82 Å². The van der Waals surface area contributed by atoms with Gasteiger partial charge in [0.15, 0.2) is 0 Å². The minimum Gasteiger partial charge on any atom is -0.465 e. The molecule has 1 unspecified atom stereocenters. The number of ketones is 1. The first-order chi connectivity index (χ1) is 21.0. The highest BCUT2D eigenvalue weighted by molar-refractivity contribution is 7.46. The summed E-state index contributed by atoms with van der Waals surface area (Å²) < 4.78 is 36.0. The average Bonchev–Trinajstić information content (AvgIpc) is 3.82. The van der Waals surface area contributed by atoms with Crippen LogP contribution in [0.1, 0.15) is 75.1 Å². The summed E-state index contributed by atoms with van der Waals surface area (Å²) in [5.41, 5.74) is 0.984. The summed E-state index contributed by atoms with van der Waals surface area (Å²) in [5.74, 6) is -1.05. The lowest BCUT2D eigenvalue weighted by atomic mass is 9.88. The average molecular weight is 626 g/mol. The van der Waals surface area contributed by atoms with Crippen molar-refractivity contribution >= 4 is 36.4 Å². The Morgan fingerprint density at radius 2 is 1.86 bits per heavy atom. The van der Waals surface area contributed by atoms with Crippen molar-refractivity contribution in [1.29, 1.82) is 0 Å². The van der Waals surface area contributed by atoms with E-state index in [-0.39, 0.29) is 42.6 Å². The third-order valence-electron chi connectivity index (χ3n) is 8.41. The van der Waals surface area contributed by atoms with Gasteiger partial charge in [-0.25, -0.2) is 8.96 Å². The highest BCUT2D eigenvalue weighted by Gasteiger charge is 2.54. The smallest absolute Gasteiger partial charge is 0.465 e.